The first-order valence-corrected chi connectivity index (χ1v) is 9.73. The maximum Gasteiger partial charge on any atom is 0.416 e. The fourth-order valence-electron chi connectivity index (χ4n) is 3.11. The van der Waals surface area contributed by atoms with E-state index in [4.69, 9.17) is 16.3 Å². The first-order chi connectivity index (χ1) is 13.0. The second-order valence-electron chi connectivity index (χ2n) is 6.52. The van der Waals surface area contributed by atoms with E-state index in [9.17, 15) is 9.59 Å². The normalized spacial score (nSPS) is 19.7. The van der Waals surface area contributed by atoms with Gasteiger partial charge in [-0.1, -0.05) is 11.6 Å². The summed E-state index contributed by atoms with van der Waals surface area (Å²) in [4.78, 5) is 38.0. The molecule has 4 heterocycles. The number of carbonyl (C=O) groups is 2. The second-order valence-corrected chi connectivity index (χ2v) is 8.04. The molecule has 0 bridgehead atoms. The Morgan fingerprint density at radius 1 is 1.48 bits per heavy atom. The molecule has 1 fully saturated rings. The molecule has 1 atom stereocenters. The van der Waals surface area contributed by atoms with Crippen LogP contribution in [0, 0.1) is 0 Å². The number of fused-ring (bicyclic) bond motifs is 1. The van der Waals surface area contributed by atoms with E-state index >= 15 is 0 Å². The summed E-state index contributed by atoms with van der Waals surface area (Å²) in [5.41, 5.74) is 1.01. The van der Waals surface area contributed by atoms with Crippen LogP contribution in [0.3, 0.4) is 0 Å². The number of halogens is 1. The monoisotopic (exact) mass is 407 g/mol. The minimum Gasteiger partial charge on any atom is -0.447 e. The van der Waals surface area contributed by atoms with Crippen LogP contribution in [0.25, 0.3) is 0 Å². The molecule has 2 aliphatic heterocycles. The van der Waals surface area contributed by atoms with Gasteiger partial charge in [0.05, 0.1) is 16.8 Å². The lowest BCUT2D eigenvalue weighted by molar-refractivity contribution is 0.0950. The molecule has 0 aliphatic carbocycles. The number of hydrogen-bond acceptors (Lipinski definition) is 7. The summed E-state index contributed by atoms with van der Waals surface area (Å²) in [5, 5.41) is 3.80. The topological polar surface area (TPSA) is 87.7 Å². The van der Waals surface area contributed by atoms with Gasteiger partial charge in [-0.05, 0) is 19.2 Å². The van der Waals surface area contributed by atoms with E-state index in [1.165, 1.54) is 22.4 Å². The summed E-state index contributed by atoms with van der Waals surface area (Å²) < 4.78 is 5.12. The zero-order chi connectivity index (χ0) is 19.0. The largest absolute Gasteiger partial charge is 0.447 e. The van der Waals surface area contributed by atoms with E-state index in [2.05, 4.69) is 27.2 Å². The van der Waals surface area contributed by atoms with Gasteiger partial charge >= 0.3 is 6.09 Å². The van der Waals surface area contributed by atoms with Gasteiger partial charge in [0.25, 0.3) is 5.91 Å². The van der Waals surface area contributed by atoms with Crippen LogP contribution in [-0.2, 0) is 17.7 Å². The van der Waals surface area contributed by atoms with Crippen molar-refractivity contribution in [1.82, 2.24) is 20.2 Å². The van der Waals surface area contributed by atoms with Crippen LogP contribution in [-0.4, -0.2) is 59.7 Å². The van der Waals surface area contributed by atoms with E-state index in [1.807, 2.05) is 0 Å². The molecule has 1 N–H and O–H groups in total. The number of nitrogens with zero attached hydrogens (tertiary/aromatic N) is 4. The highest BCUT2D eigenvalue weighted by Crippen LogP contribution is 2.25. The van der Waals surface area contributed by atoms with Gasteiger partial charge in [0.15, 0.2) is 5.01 Å². The number of likely N-dealkylation sites (N-methyl/N-ethyl adjacent to an activating group) is 1. The van der Waals surface area contributed by atoms with E-state index in [0.29, 0.717) is 15.8 Å². The molecule has 2 amide bonds. The average molecular weight is 408 g/mol. The van der Waals surface area contributed by atoms with Crippen LogP contribution < -0.4 is 10.2 Å². The number of aromatic nitrogens is 2. The summed E-state index contributed by atoms with van der Waals surface area (Å²) >= 11 is 7.28. The minimum atomic E-state index is -0.489. The van der Waals surface area contributed by atoms with E-state index in [0.717, 1.165) is 30.1 Å². The van der Waals surface area contributed by atoms with Crippen molar-refractivity contribution in [3.63, 3.8) is 0 Å². The van der Waals surface area contributed by atoms with Gasteiger partial charge in [0, 0.05) is 37.1 Å². The fourth-order valence-corrected chi connectivity index (χ4v) is 4.32. The van der Waals surface area contributed by atoms with Gasteiger partial charge in [0.2, 0.25) is 0 Å². The third-order valence-electron chi connectivity index (χ3n) is 4.53. The van der Waals surface area contributed by atoms with Crippen LogP contribution in [0.4, 0.5) is 10.6 Å². The van der Waals surface area contributed by atoms with Crippen LogP contribution in [0.1, 0.15) is 20.4 Å². The number of nitrogens with one attached hydrogen (secondary N) is 1. The van der Waals surface area contributed by atoms with Crippen molar-refractivity contribution in [3.05, 3.63) is 38.9 Å². The van der Waals surface area contributed by atoms with Crippen molar-refractivity contribution in [2.45, 2.75) is 19.0 Å². The molecule has 1 unspecified atom stereocenters. The number of pyridine rings is 1. The summed E-state index contributed by atoms with van der Waals surface area (Å²) in [6, 6.07) is 2.97. The van der Waals surface area contributed by atoms with Crippen LogP contribution in [0.15, 0.2) is 18.3 Å². The number of anilines is 1. The first kappa shape index (κ1) is 18.1. The average Bonchev–Trinajstić information content (AvgIpc) is 3.23. The third-order valence-corrected chi connectivity index (χ3v) is 5.84. The second kappa shape index (κ2) is 7.41. The Hall–Kier alpha value is -2.23. The molecule has 0 spiro atoms. The molecule has 0 aromatic carbocycles. The Balaban J connectivity index is 1.42. The van der Waals surface area contributed by atoms with Crippen molar-refractivity contribution in [2.24, 2.45) is 0 Å². The number of ether oxygens (including phenoxy) is 1. The highest BCUT2D eigenvalue weighted by Gasteiger charge is 2.35. The Kier molecular flexibility index (Phi) is 4.98. The summed E-state index contributed by atoms with van der Waals surface area (Å²) in [7, 11) is 2.05. The molecule has 2 aromatic rings. The van der Waals surface area contributed by atoms with Crippen molar-refractivity contribution in [2.75, 3.05) is 31.6 Å². The van der Waals surface area contributed by atoms with Crippen molar-refractivity contribution < 1.29 is 14.3 Å². The van der Waals surface area contributed by atoms with Gasteiger partial charge in [-0.2, -0.15) is 0 Å². The quantitative estimate of drug-likeness (QED) is 0.833. The van der Waals surface area contributed by atoms with Gasteiger partial charge in [-0.3, -0.25) is 9.69 Å². The molecular formula is C17H18ClN5O3S. The standard InChI is InChI=1S/C17H18ClN5O3S/c1-22-5-4-12-13(8-22)27-16(21-12)15(24)20-7-11-9-26-17(25)23(11)14-3-2-10(18)6-19-14/h2-3,6,11H,4-5,7-9H2,1H3,(H,20,24). The van der Waals surface area contributed by atoms with E-state index in [-0.39, 0.29) is 25.1 Å². The van der Waals surface area contributed by atoms with Crippen LogP contribution >= 0.6 is 22.9 Å². The van der Waals surface area contributed by atoms with Gasteiger partial charge < -0.3 is 15.0 Å². The van der Waals surface area contributed by atoms with Crippen molar-refractivity contribution in [3.8, 4) is 0 Å². The van der Waals surface area contributed by atoms with Crippen molar-refractivity contribution in [1.29, 1.82) is 0 Å². The fraction of sp³-hybridized carbons (Fsp3) is 0.412. The molecule has 27 heavy (non-hydrogen) atoms. The maximum absolute atomic E-state index is 12.5. The molecule has 2 aromatic heterocycles. The third kappa shape index (κ3) is 3.76. The lowest BCUT2D eigenvalue weighted by atomic mass is 10.2. The number of cyclic esters (lactones) is 1. The Bertz CT molecular complexity index is 872. The zero-order valence-electron chi connectivity index (χ0n) is 14.6. The van der Waals surface area contributed by atoms with Gasteiger partial charge in [-0.15, -0.1) is 11.3 Å². The van der Waals surface area contributed by atoms with E-state index < -0.39 is 6.09 Å². The highest BCUT2D eigenvalue weighted by atomic mass is 35.5. The van der Waals surface area contributed by atoms with Crippen LogP contribution in [0.2, 0.25) is 5.02 Å². The molecule has 1 saturated heterocycles. The number of thiazole rings is 1. The Morgan fingerprint density at radius 2 is 2.33 bits per heavy atom. The minimum absolute atomic E-state index is 0.183. The number of hydrogen-bond donors (Lipinski definition) is 1. The molecule has 2 aliphatic rings. The molecule has 0 saturated carbocycles. The Morgan fingerprint density at radius 3 is 3.11 bits per heavy atom. The Labute approximate surface area is 165 Å². The van der Waals surface area contributed by atoms with Gasteiger partial charge in [0.1, 0.15) is 12.4 Å². The maximum atomic E-state index is 12.5. The number of amides is 2. The zero-order valence-corrected chi connectivity index (χ0v) is 16.2. The molecular weight excluding hydrogens is 390 g/mol. The summed E-state index contributed by atoms with van der Waals surface area (Å²) in [6.07, 6.45) is 1.84. The SMILES string of the molecule is CN1CCc2nc(C(=O)NCC3COC(=O)N3c3ccc(Cl)cn3)sc2C1. The number of rotatable bonds is 4. The predicted molar refractivity (Wildman–Crippen MR) is 101 cm³/mol. The lowest BCUT2D eigenvalue weighted by Crippen LogP contribution is -2.43. The summed E-state index contributed by atoms with van der Waals surface area (Å²) in [5.74, 6) is 0.203. The summed E-state index contributed by atoms with van der Waals surface area (Å²) in [6.45, 7) is 2.20. The van der Waals surface area contributed by atoms with Crippen molar-refractivity contribution >= 4 is 40.8 Å². The highest BCUT2D eigenvalue weighted by molar-refractivity contribution is 7.13. The van der Waals surface area contributed by atoms with Crippen LogP contribution in [0.5, 0.6) is 0 Å². The smallest absolute Gasteiger partial charge is 0.416 e. The molecule has 0 radical (unpaired) electrons. The lowest BCUT2D eigenvalue weighted by Gasteiger charge is -2.20. The molecule has 8 nitrogen and oxygen atoms in total. The van der Waals surface area contributed by atoms with Gasteiger partial charge in [-0.25, -0.2) is 14.8 Å². The molecule has 142 valence electrons. The predicted octanol–water partition coefficient (Wildman–Crippen LogP) is 1.93. The first-order valence-electron chi connectivity index (χ1n) is 8.54. The molecule has 10 heteroatoms. The van der Waals surface area contributed by atoms with E-state index in [1.54, 1.807) is 12.1 Å². The number of carbonyl (C=O) groups excluding carboxylic acids is 2. The molecule has 4 rings (SSSR count).